The summed E-state index contributed by atoms with van der Waals surface area (Å²) >= 11 is 0. The number of aliphatic hydroxyl groups is 1. The Hall–Kier alpha value is -1.07. The van der Waals surface area contributed by atoms with E-state index in [0.717, 1.165) is 18.4 Å². The quantitative estimate of drug-likeness (QED) is 0.472. The molecule has 3 saturated heterocycles. The monoisotopic (exact) mass is 437 g/mol. The number of aliphatic hydroxyl groups excluding tert-OH is 1. The Labute approximate surface area is 162 Å². The van der Waals surface area contributed by atoms with Gasteiger partial charge in [-0.3, -0.25) is 9.69 Å². The van der Waals surface area contributed by atoms with E-state index in [0.29, 0.717) is 24.3 Å². The normalized spacial score (nSPS) is 31.7. The fraction of sp³-hybridized carbons (Fsp3) is 0.588. The Bertz CT molecular complexity index is 557. The lowest BCUT2D eigenvalue weighted by Gasteiger charge is -2.38. The number of morpholine rings is 1. The first kappa shape index (κ1) is 24.9. The molecule has 0 radical (unpaired) electrons. The molecule has 3 aliphatic rings. The first-order valence-corrected chi connectivity index (χ1v) is 7.92. The molecular formula is C17H28BrNO7. The second-order valence-corrected chi connectivity index (χ2v) is 6.54. The molecule has 150 valence electrons. The molecule has 0 aliphatic carbocycles. The van der Waals surface area contributed by atoms with Gasteiger partial charge in [-0.25, -0.2) is 0 Å². The number of rotatable bonds is 4. The number of esters is 1. The van der Waals surface area contributed by atoms with Crippen molar-refractivity contribution in [3.8, 4) is 0 Å². The number of piperidine rings is 1. The van der Waals surface area contributed by atoms with Crippen LogP contribution in [-0.4, -0.2) is 76.5 Å². The topological polar surface area (TPSA) is 157 Å². The van der Waals surface area contributed by atoms with Crippen molar-refractivity contribution in [2.45, 2.75) is 49.2 Å². The highest BCUT2D eigenvalue weighted by Crippen LogP contribution is 2.48. The van der Waals surface area contributed by atoms with Crippen LogP contribution in [0.15, 0.2) is 30.3 Å². The van der Waals surface area contributed by atoms with E-state index in [1.807, 2.05) is 30.3 Å². The summed E-state index contributed by atoms with van der Waals surface area (Å²) in [5.41, 5.74) is 0.803. The van der Waals surface area contributed by atoms with Gasteiger partial charge in [-0.05, 0) is 12.6 Å². The summed E-state index contributed by atoms with van der Waals surface area (Å²) in [5, 5.41) is 9.56. The summed E-state index contributed by atoms with van der Waals surface area (Å²) < 4.78 is 11.4. The molecule has 4 rings (SSSR count). The minimum Gasteiger partial charge on any atom is -0.462 e. The summed E-state index contributed by atoms with van der Waals surface area (Å²) in [4.78, 5) is 14.8. The first-order chi connectivity index (χ1) is 10.7. The second kappa shape index (κ2) is 9.75. The van der Waals surface area contributed by atoms with Crippen LogP contribution in [0.5, 0.6) is 0 Å². The first-order valence-electron chi connectivity index (χ1n) is 7.92. The predicted molar refractivity (Wildman–Crippen MR) is 101 cm³/mol. The Morgan fingerprint density at radius 1 is 1.19 bits per heavy atom. The highest BCUT2D eigenvalue weighted by Gasteiger charge is 2.62. The number of carbonyl (C=O) groups is 1. The van der Waals surface area contributed by atoms with Gasteiger partial charge in [0.1, 0.15) is 24.2 Å². The molecule has 0 amide bonds. The molecule has 8 nitrogen and oxygen atoms in total. The molecule has 0 spiro atoms. The van der Waals surface area contributed by atoms with Crippen LogP contribution in [0.4, 0.5) is 0 Å². The fourth-order valence-corrected chi connectivity index (χ4v) is 4.04. The molecule has 2 bridgehead atoms. The molecule has 3 heterocycles. The van der Waals surface area contributed by atoms with Gasteiger partial charge in [0.2, 0.25) is 0 Å². The Kier molecular flexibility index (Phi) is 9.35. The summed E-state index contributed by atoms with van der Waals surface area (Å²) in [6.45, 7) is -0.226. The van der Waals surface area contributed by atoms with Crippen molar-refractivity contribution in [3.05, 3.63) is 35.9 Å². The van der Waals surface area contributed by atoms with E-state index in [1.165, 1.54) is 0 Å². The van der Waals surface area contributed by atoms with Crippen molar-refractivity contribution in [3.63, 3.8) is 0 Å². The van der Waals surface area contributed by atoms with Crippen molar-refractivity contribution in [2.75, 3.05) is 13.7 Å². The number of carbonyl (C=O) groups excluding carboxylic acids is 1. The van der Waals surface area contributed by atoms with E-state index >= 15 is 0 Å². The lowest BCUT2D eigenvalue weighted by molar-refractivity contribution is -0.156. The van der Waals surface area contributed by atoms with E-state index in [4.69, 9.17) is 9.47 Å². The molecule has 5 atom stereocenters. The van der Waals surface area contributed by atoms with Crippen LogP contribution in [0.2, 0.25) is 0 Å². The number of fused-ring (bicyclic) bond motifs is 5. The number of ether oxygens (including phenoxy) is 2. The van der Waals surface area contributed by atoms with Crippen molar-refractivity contribution in [2.24, 2.45) is 0 Å². The number of nitrogens with zero attached hydrogens (tertiary/aromatic N) is 1. The highest BCUT2D eigenvalue weighted by atomic mass is 79.9. The van der Waals surface area contributed by atoms with Crippen molar-refractivity contribution in [1.82, 2.24) is 4.90 Å². The lowest BCUT2D eigenvalue weighted by Crippen LogP contribution is -2.48. The summed E-state index contributed by atoms with van der Waals surface area (Å²) in [5.74, 6) is -0.915. The van der Waals surface area contributed by atoms with E-state index in [1.54, 1.807) is 0 Å². The van der Waals surface area contributed by atoms with Gasteiger partial charge in [0, 0.05) is 24.9 Å². The number of benzene rings is 1. The average molecular weight is 438 g/mol. The van der Waals surface area contributed by atoms with Gasteiger partial charge in [-0.2, -0.15) is 0 Å². The number of likely N-dealkylation sites (N-methyl/N-ethyl adjacent to an activating group) is 1. The zero-order chi connectivity index (χ0) is 15.3. The standard InChI is InChI=1S/C17H21NO4.BrH.3H2O/c1-18-13-7-11(8-14(18)16-15(13)22-16)21-17(20)12(9-19)10-5-3-2-4-6-10;;;;/h2-6,11-16,19H,7-9H2,1H3;1H;3*1H2/t12?,13-,14-,15-,16-;;;;/m0..../s1. The summed E-state index contributed by atoms with van der Waals surface area (Å²) in [6.07, 6.45) is 2.26. The molecule has 3 aliphatic heterocycles. The van der Waals surface area contributed by atoms with Gasteiger partial charge in [-0.15, -0.1) is 17.0 Å². The number of epoxide rings is 1. The van der Waals surface area contributed by atoms with Gasteiger partial charge in [0.25, 0.3) is 0 Å². The maximum Gasteiger partial charge on any atom is 0.316 e. The highest BCUT2D eigenvalue weighted by molar-refractivity contribution is 8.93. The van der Waals surface area contributed by atoms with Crippen LogP contribution >= 0.6 is 17.0 Å². The number of hydrogen-bond acceptors (Lipinski definition) is 5. The molecule has 9 heteroatoms. The Morgan fingerprint density at radius 2 is 1.73 bits per heavy atom. The van der Waals surface area contributed by atoms with Gasteiger partial charge in [0.15, 0.2) is 0 Å². The van der Waals surface area contributed by atoms with Gasteiger partial charge in [-0.1, -0.05) is 30.3 Å². The molecular weight excluding hydrogens is 410 g/mol. The van der Waals surface area contributed by atoms with Crippen LogP contribution in [-0.2, 0) is 14.3 Å². The summed E-state index contributed by atoms with van der Waals surface area (Å²) in [7, 11) is 2.13. The zero-order valence-corrected chi connectivity index (χ0v) is 16.2. The molecule has 0 saturated carbocycles. The maximum absolute atomic E-state index is 12.4. The Balaban J connectivity index is 0.00000156. The van der Waals surface area contributed by atoms with E-state index in [2.05, 4.69) is 11.9 Å². The van der Waals surface area contributed by atoms with Gasteiger partial charge < -0.3 is 31.0 Å². The number of halogens is 1. The SMILES string of the molecule is Br.CN1[C@H]2CC(OC(=O)C(CO)c3ccccc3)C[C@H]1[C@@H]1O[C@H]12.O.O.O. The van der Waals surface area contributed by atoms with Crippen molar-refractivity contribution in [1.29, 1.82) is 0 Å². The average Bonchev–Trinajstić information content (AvgIpc) is 3.27. The van der Waals surface area contributed by atoms with Crippen LogP contribution < -0.4 is 0 Å². The summed E-state index contributed by atoms with van der Waals surface area (Å²) in [6, 6.07) is 10.1. The molecule has 7 N–H and O–H groups in total. The van der Waals surface area contributed by atoms with Crippen LogP contribution in [0.25, 0.3) is 0 Å². The molecule has 1 unspecified atom stereocenters. The van der Waals surface area contributed by atoms with E-state index in [9.17, 15) is 9.90 Å². The second-order valence-electron chi connectivity index (χ2n) is 6.54. The lowest BCUT2D eigenvalue weighted by atomic mass is 9.97. The third kappa shape index (κ3) is 4.25. The Morgan fingerprint density at radius 3 is 2.23 bits per heavy atom. The maximum atomic E-state index is 12.4. The predicted octanol–water partition coefficient (Wildman–Crippen LogP) is -0.978. The zero-order valence-electron chi connectivity index (χ0n) is 14.5. The van der Waals surface area contributed by atoms with Crippen LogP contribution in [0, 0.1) is 0 Å². The van der Waals surface area contributed by atoms with Crippen LogP contribution in [0.3, 0.4) is 0 Å². The smallest absolute Gasteiger partial charge is 0.316 e. The number of hydrogen-bond donors (Lipinski definition) is 1. The third-order valence-corrected chi connectivity index (χ3v) is 5.33. The minimum atomic E-state index is -0.593. The molecule has 3 fully saturated rings. The van der Waals surface area contributed by atoms with Crippen molar-refractivity contribution < 1.29 is 35.8 Å². The largest absolute Gasteiger partial charge is 0.462 e. The van der Waals surface area contributed by atoms with E-state index < -0.39 is 5.92 Å². The van der Waals surface area contributed by atoms with Gasteiger partial charge in [0.05, 0.1) is 6.61 Å². The third-order valence-electron chi connectivity index (χ3n) is 5.33. The molecule has 26 heavy (non-hydrogen) atoms. The van der Waals surface area contributed by atoms with Crippen molar-refractivity contribution >= 4 is 23.0 Å². The molecule has 1 aromatic rings. The molecule has 1 aromatic carbocycles. The van der Waals surface area contributed by atoms with Gasteiger partial charge >= 0.3 is 5.97 Å². The minimum absolute atomic E-state index is 0. The fourth-order valence-electron chi connectivity index (χ4n) is 4.04. The van der Waals surface area contributed by atoms with Crippen LogP contribution in [0.1, 0.15) is 24.3 Å². The van der Waals surface area contributed by atoms with E-state index in [-0.39, 0.29) is 52.1 Å². The molecule has 0 aromatic heterocycles.